The lowest BCUT2D eigenvalue weighted by Crippen LogP contribution is -2.32. The van der Waals surface area contributed by atoms with Crippen LogP contribution in [0.4, 0.5) is 4.39 Å². The molecular weight excluding hydrogens is 191 g/mol. The van der Waals surface area contributed by atoms with E-state index in [1.54, 1.807) is 6.07 Å². The second kappa shape index (κ2) is 4.29. The average Bonchev–Trinajstić information content (AvgIpc) is 3.05. The highest BCUT2D eigenvalue weighted by Crippen LogP contribution is 2.33. The number of halogens is 1. The number of likely N-dealkylation sites (N-methyl/N-ethyl adjacent to an activating group) is 1. The molecule has 15 heavy (non-hydrogen) atoms. The highest BCUT2D eigenvalue weighted by atomic mass is 19.1. The molecule has 0 heterocycles. The van der Waals surface area contributed by atoms with Crippen LogP contribution in [0.15, 0.2) is 24.3 Å². The van der Waals surface area contributed by atoms with E-state index in [4.69, 9.17) is 5.73 Å². The van der Waals surface area contributed by atoms with Gasteiger partial charge in [0.15, 0.2) is 0 Å². The zero-order valence-electron chi connectivity index (χ0n) is 8.99. The molecule has 1 fully saturated rings. The molecule has 0 spiro atoms. The molecule has 0 aliphatic heterocycles. The standard InChI is InChI=1S/C12H17FN2/c1-15(9-6-7-9)12(8-14)10-4-2-3-5-11(10)13/h2-5,9,12H,6-8,14H2,1H3. The molecule has 2 N–H and O–H groups in total. The summed E-state index contributed by atoms with van der Waals surface area (Å²) < 4.78 is 13.6. The van der Waals surface area contributed by atoms with Gasteiger partial charge in [-0.25, -0.2) is 4.39 Å². The van der Waals surface area contributed by atoms with Crippen molar-refractivity contribution in [3.05, 3.63) is 35.6 Å². The Bertz CT molecular complexity index is 336. The Balaban J connectivity index is 2.21. The second-order valence-electron chi connectivity index (χ2n) is 4.17. The lowest BCUT2D eigenvalue weighted by atomic mass is 10.1. The third kappa shape index (κ3) is 2.19. The molecule has 1 unspecified atom stereocenters. The topological polar surface area (TPSA) is 29.3 Å². The van der Waals surface area contributed by atoms with Crippen molar-refractivity contribution in [2.24, 2.45) is 5.73 Å². The van der Waals surface area contributed by atoms with Crippen molar-refractivity contribution >= 4 is 0 Å². The summed E-state index contributed by atoms with van der Waals surface area (Å²) >= 11 is 0. The summed E-state index contributed by atoms with van der Waals surface area (Å²) in [6.07, 6.45) is 2.42. The molecule has 1 aliphatic carbocycles. The molecule has 82 valence electrons. The molecule has 0 amide bonds. The highest BCUT2D eigenvalue weighted by Gasteiger charge is 2.31. The van der Waals surface area contributed by atoms with Gasteiger partial charge in [0.25, 0.3) is 0 Å². The maximum Gasteiger partial charge on any atom is 0.128 e. The van der Waals surface area contributed by atoms with Crippen LogP contribution in [0.5, 0.6) is 0 Å². The molecule has 1 aromatic rings. The van der Waals surface area contributed by atoms with Gasteiger partial charge in [-0.2, -0.15) is 0 Å². The Morgan fingerprint density at radius 3 is 2.67 bits per heavy atom. The summed E-state index contributed by atoms with van der Waals surface area (Å²) in [6.45, 7) is 0.466. The van der Waals surface area contributed by atoms with Crippen molar-refractivity contribution in [2.45, 2.75) is 24.9 Å². The summed E-state index contributed by atoms with van der Waals surface area (Å²) in [5.41, 5.74) is 6.45. The van der Waals surface area contributed by atoms with Crippen LogP contribution in [0.3, 0.4) is 0 Å². The van der Waals surface area contributed by atoms with Crippen molar-refractivity contribution in [3.8, 4) is 0 Å². The quantitative estimate of drug-likeness (QED) is 0.819. The molecule has 3 heteroatoms. The van der Waals surface area contributed by atoms with E-state index in [0.29, 0.717) is 12.6 Å². The van der Waals surface area contributed by atoms with Gasteiger partial charge in [0, 0.05) is 24.2 Å². The number of hydrogen-bond donors (Lipinski definition) is 1. The molecule has 0 saturated heterocycles. The molecular formula is C12H17FN2. The fourth-order valence-corrected chi connectivity index (χ4v) is 1.99. The van der Waals surface area contributed by atoms with Gasteiger partial charge >= 0.3 is 0 Å². The van der Waals surface area contributed by atoms with Crippen LogP contribution in [0.1, 0.15) is 24.4 Å². The van der Waals surface area contributed by atoms with E-state index in [2.05, 4.69) is 4.90 Å². The summed E-state index contributed by atoms with van der Waals surface area (Å²) in [5, 5.41) is 0. The minimum Gasteiger partial charge on any atom is -0.329 e. The molecule has 0 aromatic heterocycles. The number of benzene rings is 1. The molecule has 0 radical (unpaired) electrons. The fourth-order valence-electron chi connectivity index (χ4n) is 1.99. The fraction of sp³-hybridized carbons (Fsp3) is 0.500. The van der Waals surface area contributed by atoms with Crippen molar-refractivity contribution < 1.29 is 4.39 Å². The third-order valence-electron chi connectivity index (χ3n) is 3.10. The van der Waals surface area contributed by atoms with Crippen LogP contribution in [-0.2, 0) is 0 Å². The van der Waals surface area contributed by atoms with Gasteiger partial charge in [0.05, 0.1) is 0 Å². The maximum absolute atomic E-state index is 13.6. The van der Waals surface area contributed by atoms with Crippen molar-refractivity contribution in [2.75, 3.05) is 13.6 Å². The molecule has 2 nitrogen and oxygen atoms in total. The summed E-state index contributed by atoms with van der Waals surface area (Å²) in [4.78, 5) is 2.19. The van der Waals surface area contributed by atoms with Crippen molar-refractivity contribution in [1.82, 2.24) is 4.90 Å². The lowest BCUT2D eigenvalue weighted by Gasteiger charge is -2.27. The highest BCUT2D eigenvalue weighted by molar-refractivity contribution is 5.22. The molecule has 1 aromatic carbocycles. The summed E-state index contributed by atoms with van der Waals surface area (Å²) in [7, 11) is 2.03. The first-order valence-corrected chi connectivity index (χ1v) is 5.40. The summed E-state index contributed by atoms with van der Waals surface area (Å²) in [5.74, 6) is -0.152. The van der Waals surface area contributed by atoms with Gasteiger partial charge in [0.2, 0.25) is 0 Å². The number of nitrogens with zero attached hydrogens (tertiary/aromatic N) is 1. The SMILES string of the molecule is CN(C1CC1)C(CN)c1ccccc1F. The second-order valence-corrected chi connectivity index (χ2v) is 4.17. The summed E-state index contributed by atoms with van der Waals surface area (Å²) in [6, 6.07) is 7.51. The Kier molecular flexibility index (Phi) is 3.03. The zero-order chi connectivity index (χ0) is 10.8. The van der Waals surface area contributed by atoms with E-state index in [9.17, 15) is 4.39 Å². The predicted molar refractivity (Wildman–Crippen MR) is 59.0 cm³/mol. The van der Waals surface area contributed by atoms with Crippen LogP contribution >= 0.6 is 0 Å². The van der Waals surface area contributed by atoms with E-state index in [1.807, 2.05) is 19.2 Å². The maximum atomic E-state index is 13.6. The van der Waals surface area contributed by atoms with E-state index in [1.165, 1.54) is 18.9 Å². The Morgan fingerprint density at radius 1 is 1.47 bits per heavy atom. The molecule has 1 aliphatic rings. The predicted octanol–water partition coefficient (Wildman–Crippen LogP) is 1.92. The van der Waals surface area contributed by atoms with Crippen LogP contribution in [0, 0.1) is 5.82 Å². The monoisotopic (exact) mass is 208 g/mol. The van der Waals surface area contributed by atoms with E-state index in [-0.39, 0.29) is 11.9 Å². The van der Waals surface area contributed by atoms with Gasteiger partial charge in [0.1, 0.15) is 5.82 Å². The van der Waals surface area contributed by atoms with Crippen LogP contribution < -0.4 is 5.73 Å². The first kappa shape index (κ1) is 10.6. The largest absolute Gasteiger partial charge is 0.329 e. The minimum atomic E-state index is -0.152. The van der Waals surface area contributed by atoms with E-state index >= 15 is 0 Å². The molecule has 1 saturated carbocycles. The van der Waals surface area contributed by atoms with Gasteiger partial charge in [-0.15, -0.1) is 0 Å². The number of nitrogens with two attached hydrogens (primary N) is 1. The van der Waals surface area contributed by atoms with Gasteiger partial charge in [-0.3, -0.25) is 4.90 Å². The smallest absolute Gasteiger partial charge is 0.128 e. The molecule has 1 atom stereocenters. The lowest BCUT2D eigenvalue weighted by molar-refractivity contribution is 0.235. The normalized spacial score (nSPS) is 18.1. The zero-order valence-corrected chi connectivity index (χ0v) is 8.99. The Morgan fingerprint density at radius 2 is 2.13 bits per heavy atom. The van der Waals surface area contributed by atoms with Crippen LogP contribution in [0.2, 0.25) is 0 Å². The number of hydrogen-bond acceptors (Lipinski definition) is 2. The van der Waals surface area contributed by atoms with Crippen molar-refractivity contribution in [3.63, 3.8) is 0 Å². The van der Waals surface area contributed by atoms with E-state index < -0.39 is 0 Å². The van der Waals surface area contributed by atoms with Gasteiger partial charge in [-0.1, -0.05) is 18.2 Å². The van der Waals surface area contributed by atoms with Crippen LogP contribution in [-0.4, -0.2) is 24.5 Å². The first-order valence-electron chi connectivity index (χ1n) is 5.40. The van der Waals surface area contributed by atoms with Crippen molar-refractivity contribution in [1.29, 1.82) is 0 Å². The molecule has 0 bridgehead atoms. The van der Waals surface area contributed by atoms with Crippen LogP contribution in [0.25, 0.3) is 0 Å². The van der Waals surface area contributed by atoms with Gasteiger partial charge < -0.3 is 5.73 Å². The average molecular weight is 208 g/mol. The Labute approximate surface area is 89.9 Å². The van der Waals surface area contributed by atoms with Gasteiger partial charge in [-0.05, 0) is 26.0 Å². The molecule has 2 rings (SSSR count). The number of rotatable bonds is 4. The third-order valence-corrected chi connectivity index (χ3v) is 3.10. The minimum absolute atomic E-state index is 0.0127. The Hall–Kier alpha value is -0.930. The van der Waals surface area contributed by atoms with E-state index in [0.717, 1.165) is 5.56 Å². The first-order chi connectivity index (χ1) is 7.24.